The maximum Gasteiger partial charge on any atom is 0.127 e. The van der Waals surface area contributed by atoms with Gasteiger partial charge in [-0.2, -0.15) is 0 Å². The fourth-order valence-electron chi connectivity index (χ4n) is 2.20. The second kappa shape index (κ2) is 5.89. The van der Waals surface area contributed by atoms with Crippen molar-refractivity contribution in [3.05, 3.63) is 18.3 Å². The molecule has 2 rings (SSSR count). The number of anilines is 2. The van der Waals surface area contributed by atoms with Crippen molar-refractivity contribution in [3.63, 3.8) is 0 Å². The standard InChI is InChI=1S/C14H23N3/c1-3-5-11-9-13(11)17-12-6-8-16-14(10-12)15-7-4-2/h6,8,10-11,13H,3-5,7,9H2,1-2H3,(H2,15,16,17). The minimum Gasteiger partial charge on any atom is -0.382 e. The molecule has 3 nitrogen and oxygen atoms in total. The molecule has 0 radical (unpaired) electrons. The maximum atomic E-state index is 4.31. The van der Waals surface area contributed by atoms with E-state index in [2.05, 4.69) is 41.6 Å². The average Bonchev–Trinajstić information content (AvgIpc) is 3.06. The van der Waals surface area contributed by atoms with Gasteiger partial charge in [0.25, 0.3) is 0 Å². The number of nitrogens with one attached hydrogen (secondary N) is 2. The molecular weight excluding hydrogens is 210 g/mol. The van der Waals surface area contributed by atoms with E-state index in [9.17, 15) is 0 Å². The zero-order chi connectivity index (χ0) is 12.1. The summed E-state index contributed by atoms with van der Waals surface area (Å²) in [6.07, 6.45) is 6.97. The van der Waals surface area contributed by atoms with Crippen LogP contribution in [0.15, 0.2) is 18.3 Å². The lowest BCUT2D eigenvalue weighted by Crippen LogP contribution is -2.06. The van der Waals surface area contributed by atoms with E-state index in [1.807, 2.05) is 6.20 Å². The molecule has 0 saturated heterocycles. The first-order valence-corrected chi connectivity index (χ1v) is 6.80. The highest BCUT2D eigenvalue weighted by atomic mass is 15.0. The Bertz CT molecular complexity index is 351. The number of hydrogen-bond donors (Lipinski definition) is 2. The van der Waals surface area contributed by atoms with Crippen LogP contribution in [0.5, 0.6) is 0 Å². The number of rotatable bonds is 7. The van der Waals surface area contributed by atoms with Gasteiger partial charge >= 0.3 is 0 Å². The minimum atomic E-state index is 0.691. The van der Waals surface area contributed by atoms with Gasteiger partial charge in [-0.1, -0.05) is 20.3 Å². The highest BCUT2D eigenvalue weighted by molar-refractivity contribution is 5.53. The Kier molecular flexibility index (Phi) is 4.24. The van der Waals surface area contributed by atoms with Gasteiger partial charge in [0.1, 0.15) is 5.82 Å². The largest absolute Gasteiger partial charge is 0.382 e. The molecule has 1 aliphatic carbocycles. The van der Waals surface area contributed by atoms with E-state index in [1.54, 1.807) is 0 Å². The summed E-state index contributed by atoms with van der Waals surface area (Å²) in [5, 5.41) is 6.90. The van der Waals surface area contributed by atoms with Crippen molar-refractivity contribution in [2.75, 3.05) is 17.2 Å². The monoisotopic (exact) mass is 233 g/mol. The van der Waals surface area contributed by atoms with Crippen LogP contribution in [0.2, 0.25) is 0 Å². The molecule has 1 heterocycles. The van der Waals surface area contributed by atoms with Gasteiger partial charge in [-0.3, -0.25) is 0 Å². The molecule has 0 spiro atoms. The Morgan fingerprint density at radius 2 is 2.24 bits per heavy atom. The molecular formula is C14H23N3. The van der Waals surface area contributed by atoms with Crippen LogP contribution in [0.25, 0.3) is 0 Å². The van der Waals surface area contributed by atoms with Crippen LogP contribution in [0.4, 0.5) is 11.5 Å². The molecule has 3 heteroatoms. The van der Waals surface area contributed by atoms with E-state index in [0.717, 1.165) is 24.7 Å². The molecule has 94 valence electrons. The first kappa shape index (κ1) is 12.2. The lowest BCUT2D eigenvalue weighted by atomic mass is 10.2. The predicted molar refractivity (Wildman–Crippen MR) is 73.4 cm³/mol. The van der Waals surface area contributed by atoms with Gasteiger partial charge < -0.3 is 10.6 Å². The van der Waals surface area contributed by atoms with Crippen molar-refractivity contribution in [2.45, 2.75) is 45.6 Å². The van der Waals surface area contributed by atoms with Crippen molar-refractivity contribution in [2.24, 2.45) is 5.92 Å². The van der Waals surface area contributed by atoms with Crippen LogP contribution in [-0.2, 0) is 0 Å². The van der Waals surface area contributed by atoms with Crippen molar-refractivity contribution in [1.29, 1.82) is 0 Å². The van der Waals surface area contributed by atoms with E-state index < -0.39 is 0 Å². The van der Waals surface area contributed by atoms with E-state index >= 15 is 0 Å². The van der Waals surface area contributed by atoms with Crippen LogP contribution in [0, 0.1) is 5.92 Å². The molecule has 2 unspecified atom stereocenters. The summed E-state index contributed by atoms with van der Waals surface area (Å²) >= 11 is 0. The van der Waals surface area contributed by atoms with Crippen LogP contribution >= 0.6 is 0 Å². The summed E-state index contributed by atoms with van der Waals surface area (Å²) in [4.78, 5) is 4.31. The smallest absolute Gasteiger partial charge is 0.127 e. The molecule has 1 aromatic rings. The third-order valence-corrected chi connectivity index (χ3v) is 3.25. The lowest BCUT2D eigenvalue weighted by Gasteiger charge is -2.08. The molecule has 0 aromatic carbocycles. The molecule has 1 saturated carbocycles. The number of nitrogens with zero attached hydrogens (tertiary/aromatic N) is 1. The van der Waals surface area contributed by atoms with E-state index in [4.69, 9.17) is 0 Å². The van der Waals surface area contributed by atoms with Crippen molar-refractivity contribution in [1.82, 2.24) is 4.98 Å². The summed E-state index contributed by atoms with van der Waals surface area (Å²) in [5.74, 6) is 1.87. The quantitative estimate of drug-likeness (QED) is 0.756. The maximum absolute atomic E-state index is 4.31. The zero-order valence-corrected chi connectivity index (χ0v) is 10.9. The molecule has 1 aliphatic rings. The summed E-state index contributed by atoms with van der Waals surface area (Å²) in [5.41, 5.74) is 1.20. The molecule has 0 amide bonds. The van der Waals surface area contributed by atoms with Gasteiger partial charge in [-0.05, 0) is 31.2 Å². The van der Waals surface area contributed by atoms with Gasteiger partial charge in [-0.25, -0.2) is 4.98 Å². The molecule has 17 heavy (non-hydrogen) atoms. The molecule has 0 bridgehead atoms. The SMILES string of the molecule is CCCNc1cc(NC2CC2CCC)ccn1. The van der Waals surface area contributed by atoms with Gasteiger partial charge in [0.05, 0.1) is 0 Å². The fraction of sp³-hybridized carbons (Fsp3) is 0.643. The third-order valence-electron chi connectivity index (χ3n) is 3.25. The van der Waals surface area contributed by atoms with Crippen molar-refractivity contribution >= 4 is 11.5 Å². The highest BCUT2D eigenvalue weighted by Crippen LogP contribution is 2.37. The normalized spacial score (nSPS) is 22.2. The lowest BCUT2D eigenvalue weighted by molar-refractivity contribution is 0.693. The van der Waals surface area contributed by atoms with Gasteiger partial charge in [0.2, 0.25) is 0 Å². The Hall–Kier alpha value is -1.25. The van der Waals surface area contributed by atoms with E-state index in [0.29, 0.717) is 6.04 Å². The van der Waals surface area contributed by atoms with E-state index in [-0.39, 0.29) is 0 Å². The molecule has 1 fully saturated rings. The van der Waals surface area contributed by atoms with Crippen LogP contribution in [0.3, 0.4) is 0 Å². The fourth-order valence-corrected chi connectivity index (χ4v) is 2.20. The predicted octanol–water partition coefficient (Wildman–Crippen LogP) is 3.50. The first-order valence-electron chi connectivity index (χ1n) is 6.80. The van der Waals surface area contributed by atoms with Crippen LogP contribution in [0.1, 0.15) is 39.5 Å². The van der Waals surface area contributed by atoms with Crippen LogP contribution < -0.4 is 10.6 Å². The van der Waals surface area contributed by atoms with Crippen LogP contribution in [-0.4, -0.2) is 17.6 Å². The van der Waals surface area contributed by atoms with E-state index in [1.165, 1.54) is 24.9 Å². The average molecular weight is 233 g/mol. The van der Waals surface area contributed by atoms with Gasteiger partial charge in [0, 0.05) is 30.5 Å². The number of aromatic nitrogens is 1. The topological polar surface area (TPSA) is 37.0 Å². The minimum absolute atomic E-state index is 0.691. The Morgan fingerprint density at radius 1 is 1.35 bits per heavy atom. The third kappa shape index (κ3) is 3.62. The summed E-state index contributed by atoms with van der Waals surface area (Å²) in [6, 6.07) is 4.85. The van der Waals surface area contributed by atoms with Gasteiger partial charge in [0.15, 0.2) is 0 Å². The highest BCUT2D eigenvalue weighted by Gasteiger charge is 2.35. The Balaban J connectivity index is 1.84. The van der Waals surface area contributed by atoms with Gasteiger partial charge in [-0.15, -0.1) is 0 Å². The van der Waals surface area contributed by atoms with Crippen molar-refractivity contribution in [3.8, 4) is 0 Å². The molecule has 2 atom stereocenters. The summed E-state index contributed by atoms with van der Waals surface area (Å²) in [7, 11) is 0. The second-order valence-corrected chi connectivity index (χ2v) is 4.89. The molecule has 0 aliphatic heterocycles. The number of pyridine rings is 1. The van der Waals surface area contributed by atoms with Crippen molar-refractivity contribution < 1.29 is 0 Å². The summed E-state index contributed by atoms with van der Waals surface area (Å²) < 4.78 is 0. The second-order valence-electron chi connectivity index (χ2n) is 4.89. The zero-order valence-electron chi connectivity index (χ0n) is 10.9. The summed E-state index contributed by atoms with van der Waals surface area (Å²) in [6.45, 7) is 5.40. The first-order chi connectivity index (χ1) is 8.33. The Morgan fingerprint density at radius 3 is 3.00 bits per heavy atom. The number of hydrogen-bond acceptors (Lipinski definition) is 3. The molecule has 1 aromatic heterocycles. The molecule has 2 N–H and O–H groups in total. The Labute approximate surface area is 104 Å².